The van der Waals surface area contributed by atoms with E-state index in [0.29, 0.717) is 127 Å². The lowest BCUT2D eigenvalue weighted by atomic mass is 9.75. The summed E-state index contributed by atoms with van der Waals surface area (Å²) in [5, 5.41) is 3.71. The first-order chi connectivity index (χ1) is 35.2. The van der Waals surface area contributed by atoms with Gasteiger partial charge in [-0.15, -0.1) is 0 Å². The van der Waals surface area contributed by atoms with Crippen LogP contribution < -0.4 is 28.7 Å². The number of anilines is 2. The number of rotatable bonds is 5. The van der Waals surface area contributed by atoms with Crippen molar-refractivity contribution in [2.24, 2.45) is 35.5 Å². The Kier molecular flexibility index (Phi) is 11.3. The molecule has 0 radical (unpaired) electrons. The van der Waals surface area contributed by atoms with E-state index >= 15 is 9.59 Å². The van der Waals surface area contributed by atoms with Gasteiger partial charge in [0.2, 0.25) is 0 Å². The average Bonchev–Trinajstić information content (AvgIpc) is 3.72. The molecule has 13 rings (SSSR count). The number of aryl methyl sites for hydroxylation is 2. The Balaban J connectivity index is 0.889. The first-order valence-corrected chi connectivity index (χ1v) is 27.3. The number of carbonyl (C=O) groups is 4. The Hall–Kier alpha value is -5.52. The quantitative estimate of drug-likeness (QED) is 0.0952. The summed E-state index contributed by atoms with van der Waals surface area (Å²) in [6, 6.07) is 13.3. The van der Waals surface area contributed by atoms with Crippen molar-refractivity contribution < 1.29 is 38.1 Å². The largest absolute Gasteiger partial charge is 0.489 e. The van der Waals surface area contributed by atoms with Crippen LogP contribution in [0.5, 0.6) is 23.0 Å². The lowest BCUT2D eigenvalue weighted by Gasteiger charge is -2.32. The number of ether oxygens (including phenoxy) is 4. The number of halogens is 4. The van der Waals surface area contributed by atoms with Crippen molar-refractivity contribution in [3.63, 3.8) is 0 Å². The third kappa shape index (κ3) is 7.16. The van der Waals surface area contributed by atoms with Crippen molar-refractivity contribution in [1.82, 2.24) is 0 Å². The second-order valence-electron chi connectivity index (χ2n) is 21.7. The topological polar surface area (TPSA) is 112 Å². The summed E-state index contributed by atoms with van der Waals surface area (Å²) in [5.41, 5.74) is 2.70. The molecule has 2 saturated carbocycles. The van der Waals surface area contributed by atoms with Crippen LogP contribution in [0.25, 0.3) is 43.1 Å². The molecule has 7 aromatic rings. The zero-order chi connectivity index (χ0) is 50.5. The number of carbonyl (C=O) groups excluding carboxylic acids is 4. The molecule has 2 atom stereocenters. The Morgan fingerprint density at radius 2 is 0.740 bits per heavy atom. The molecule has 73 heavy (non-hydrogen) atoms. The monoisotopic (exact) mass is 1060 g/mol. The van der Waals surface area contributed by atoms with E-state index in [2.05, 4.69) is 13.8 Å². The van der Waals surface area contributed by atoms with Crippen LogP contribution in [0.2, 0.25) is 20.1 Å². The van der Waals surface area contributed by atoms with Gasteiger partial charge in [0.05, 0.1) is 60.1 Å². The van der Waals surface area contributed by atoms with Crippen LogP contribution in [0.15, 0.2) is 48.5 Å². The smallest absolute Gasteiger partial charge is 0.266 e. The summed E-state index contributed by atoms with van der Waals surface area (Å²) in [6.45, 7) is 10.2. The standard InChI is InChI=1S/C59H52Cl4N2O8/c1-5-29-8-12-31(13-9-29)33-23-71-45-15-28(4)43(21-47(45)73-25-33)65-58(68)36-18-40(62)52-50-38(60)16-34-48-35(17-39(61)51(54(48)50)53-41(63)19-37(59(65)69)49(36)55(52)53)57(67)64(56(34)66)42-20-46-44(14-27(42)3)70-22-32(24-72-46)30-10-6-26(2)7-11-30/h14-21,26,29-33H,5-13,22-25H2,1-4H3. The van der Waals surface area contributed by atoms with Gasteiger partial charge in [-0.05, 0) is 111 Å². The van der Waals surface area contributed by atoms with Crippen LogP contribution in [0, 0.1) is 49.4 Å². The van der Waals surface area contributed by atoms with E-state index in [9.17, 15) is 9.59 Å². The first kappa shape index (κ1) is 47.2. The highest BCUT2D eigenvalue weighted by atomic mass is 35.5. The second kappa shape index (κ2) is 17.5. The van der Waals surface area contributed by atoms with Crippen LogP contribution in [0.4, 0.5) is 11.4 Å². The van der Waals surface area contributed by atoms with E-state index in [4.69, 9.17) is 65.4 Å². The maximum atomic E-state index is 15.0. The van der Waals surface area contributed by atoms with Crippen molar-refractivity contribution in [3.8, 4) is 23.0 Å². The maximum absolute atomic E-state index is 15.0. The van der Waals surface area contributed by atoms with E-state index in [1.54, 1.807) is 36.4 Å². The number of fused-ring (bicyclic) bond motifs is 4. The Morgan fingerprint density at radius 3 is 1.07 bits per heavy atom. The number of amides is 4. The second-order valence-corrected chi connectivity index (χ2v) is 23.3. The number of hydrogen-bond donors (Lipinski definition) is 0. The summed E-state index contributed by atoms with van der Waals surface area (Å²) >= 11 is 29.4. The molecule has 0 saturated heterocycles. The van der Waals surface area contributed by atoms with Crippen LogP contribution in [0.3, 0.4) is 0 Å². The highest BCUT2D eigenvalue weighted by Crippen LogP contribution is 2.55. The molecule has 14 heteroatoms. The molecular weight excluding hydrogens is 1010 g/mol. The molecule has 0 spiro atoms. The Morgan fingerprint density at radius 1 is 0.425 bits per heavy atom. The van der Waals surface area contributed by atoms with Crippen molar-refractivity contribution in [2.45, 2.75) is 85.5 Å². The molecule has 4 heterocycles. The van der Waals surface area contributed by atoms with Crippen LogP contribution in [-0.4, -0.2) is 50.1 Å². The average molecular weight is 1060 g/mol. The lowest BCUT2D eigenvalue weighted by Crippen LogP contribution is -2.41. The highest BCUT2D eigenvalue weighted by molar-refractivity contribution is 6.57. The minimum atomic E-state index is -0.588. The molecule has 6 aliphatic rings. The Bertz CT molecular complexity index is 3460. The van der Waals surface area contributed by atoms with Crippen molar-refractivity contribution in [2.75, 3.05) is 36.2 Å². The van der Waals surface area contributed by atoms with Gasteiger partial charge in [-0.3, -0.25) is 19.2 Å². The van der Waals surface area contributed by atoms with E-state index in [1.807, 2.05) is 26.0 Å². The van der Waals surface area contributed by atoms with Crippen LogP contribution in [-0.2, 0) is 0 Å². The van der Waals surface area contributed by atoms with E-state index in [0.717, 1.165) is 47.3 Å². The van der Waals surface area contributed by atoms with Gasteiger partial charge < -0.3 is 18.9 Å². The van der Waals surface area contributed by atoms with Gasteiger partial charge in [-0.25, -0.2) is 9.80 Å². The normalized spacial score (nSPS) is 24.1. The molecule has 10 nitrogen and oxygen atoms in total. The summed E-state index contributed by atoms with van der Waals surface area (Å²) in [7, 11) is 0. The van der Waals surface area contributed by atoms with Gasteiger partial charge in [0.25, 0.3) is 23.6 Å². The van der Waals surface area contributed by atoms with Gasteiger partial charge in [-0.1, -0.05) is 92.4 Å². The summed E-state index contributed by atoms with van der Waals surface area (Å²) in [5.74, 6) is 2.67. The van der Waals surface area contributed by atoms with E-state index in [1.165, 1.54) is 32.1 Å². The molecule has 2 unspecified atom stereocenters. The van der Waals surface area contributed by atoms with E-state index in [-0.39, 0.29) is 54.2 Å². The highest BCUT2D eigenvalue weighted by Gasteiger charge is 2.42. The van der Waals surface area contributed by atoms with Gasteiger partial charge in [0, 0.05) is 87.1 Å². The minimum Gasteiger partial charge on any atom is -0.489 e. The summed E-state index contributed by atoms with van der Waals surface area (Å²) in [4.78, 5) is 62.3. The van der Waals surface area contributed by atoms with Crippen LogP contribution >= 0.6 is 46.4 Å². The fraction of sp³-hybridized carbons (Fsp3) is 0.390. The molecule has 0 bridgehead atoms. The van der Waals surface area contributed by atoms with Gasteiger partial charge in [-0.2, -0.15) is 0 Å². The molecular formula is C59H52Cl4N2O8. The lowest BCUT2D eigenvalue weighted by molar-refractivity contribution is 0.0877. The number of nitrogens with zero attached hydrogens (tertiary/aromatic N) is 2. The third-order valence-electron chi connectivity index (χ3n) is 17.5. The zero-order valence-electron chi connectivity index (χ0n) is 40.9. The predicted octanol–water partition coefficient (Wildman–Crippen LogP) is 15.4. The molecule has 7 aromatic carbocycles. The third-order valence-corrected chi connectivity index (χ3v) is 18.7. The summed E-state index contributed by atoms with van der Waals surface area (Å²) in [6.07, 6.45) is 10.6. The van der Waals surface area contributed by atoms with E-state index < -0.39 is 23.6 Å². The van der Waals surface area contributed by atoms with Crippen molar-refractivity contribution in [3.05, 3.63) is 102 Å². The summed E-state index contributed by atoms with van der Waals surface area (Å²) < 4.78 is 25.6. The molecule has 0 N–H and O–H groups in total. The molecule has 2 fully saturated rings. The molecule has 374 valence electrons. The van der Waals surface area contributed by atoms with Crippen molar-refractivity contribution in [1.29, 1.82) is 0 Å². The van der Waals surface area contributed by atoms with Gasteiger partial charge in [0.15, 0.2) is 23.0 Å². The molecule has 2 aliphatic carbocycles. The van der Waals surface area contributed by atoms with Crippen LogP contribution in [0.1, 0.15) is 124 Å². The fourth-order valence-electron chi connectivity index (χ4n) is 13.4. The fourth-order valence-corrected chi connectivity index (χ4v) is 14.6. The van der Waals surface area contributed by atoms with Crippen molar-refractivity contribution >= 4 is 124 Å². The van der Waals surface area contributed by atoms with Gasteiger partial charge >= 0.3 is 0 Å². The maximum Gasteiger partial charge on any atom is 0.266 e. The number of benzene rings is 7. The Labute approximate surface area is 442 Å². The number of imide groups is 2. The predicted molar refractivity (Wildman–Crippen MR) is 288 cm³/mol. The number of hydrogen-bond acceptors (Lipinski definition) is 8. The molecule has 0 aromatic heterocycles. The first-order valence-electron chi connectivity index (χ1n) is 25.8. The molecule has 4 aliphatic heterocycles. The van der Waals surface area contributed by atoms with Gasteiger partial charge in [0.1, 0.15) is 0 Å². The zero-order valence-corrected chi connectivity index (χ0v) is 44.0. The SMILES string of the molecule is CCC1CCC(C2COc3cc(C)c(N4C(=O)c5cc(Cl)c6c7c(Cl)cc8c9c(cc(Cl)c(c%10c(Cl)cc(c5c6%10)C4=O)c97)C(=O)N(c4cc5c(cc4C)OCC(C4CCC(C)CC4)CO5)C8=O)cc3OC2)CC1. The molecule has 4 amide bonds. The minimum absolute atomic E-state index is 0.149.